The maximum Gasteiger partial charge on any atom is 0.0494 e. The predicted octanol–water partition coefficient (Wildman–Crippen LogP) is 11.6. The number of nitrogens with zero attached hydrogens (tertiary/aromatic N) is 1. The quantitative estimate of drug-likeness (QED) is 0.144. The van der Waals surface area contributed by atoms with Gasteiger partial charge in [-0.2, -0.15) is 0 Å². The molecule has 220 valence electrons. The molecule has 0 bridgehead atoms. The number of hydrogen-bond donors (Lipinski definition) is 0. The number of benzene rings is 7. The Labute approximate surface area is 275 Å². The molecule has 0 spiro atoms. The first kappa shape index (κ1) is 27.2. The van der Waals surface area contributed by atoms with Crippen LogP contribution >= 0.6 is 0 Å². The highest BCUT2D eigenvalue weighted by molar-refractivity contribution is 6.22. The van der Waals surface area contributed by atoms with Crippen LogP contribution in [-0.4, -0.2) is 0 Å². The monoisotopic (exact) mass is 597 g/mol. The Balaban J connectivity index is 1.39. The van der Waals surface area contributed by atoms with Crippen molar-refractivity contribution in [2.24, 2.45) is 0 Å². The van der Waals surface area contributed by atoms with Gasteiger partial charge < -0.3 is 4.90 Å². The Morgan fingerprint density at radius 2 is 1.23 bits per heavy atom. The van der Waals surface area contributed by atoms with E-state index < -0.39 is 0 Å². The van der Waals surface area contributed by atoms with Crippen LogP contribution in [0.15, 0.2) is 151 Å². The standard InChI is InChI=1S/C46H31N/c1-2-36-37-26-15-19-32(37)29-43(42(36)30-35-28-33-18-9-14-27-44(33)47(35)34-20-7-4-8-21-34)46-40-24-12-10-22-38(40)45(31-16-5-3-6-17-31)39-23-11-13-25-41(39)46/h1,3-25,27,29-30H,26,28H2/b35-30+. The van der Waals surface area contributed by atoms with Crippen molar-refractivity contribution < 1.29 is 0 Å². The van der Waals surface area contributed by atoms with Crippen molar-refractivity contribution in [2.45, 2.75) is 12.8 Å². The number of fused-ring (bicyclic) bond motifs is 4. The van der Waals surface area contributed by atoms with Gasteiger partial charge in [0.1, 0.15) is 0 Å². The van der Waals surface area contributed by atoms with Gasteiger partial charge in [-0.3, -0.25) is 0 Å². The Morgan fingerprint density at radius 3 is 1.91 bits per heavy atom. The predicted molar refractivity (Wildman–Crippen MR) is 200 cm³/mol. The van der Waals surface area contributed by atoms with Crippen molar-refractivity contribution in [3.8, 4) is 34.6 Å². The van der Waals surface area contributed by atoms with Crippen LogP contribution < -0.4 is 4.90 Å². The molecule has 47 heavy (non-hydrogen) atoms. The lowest BCUT2D eigenvalue weighted by Gasteiger charge is -2.24. The van der Waals surface area contributed by atoms with E-state index in [2.05, 4.69) is 169 Å². The zero-order valence-corrected chi connectivity index (χ0v) is 25.9. The van der Waals surface area contributed by atoms with Gasteiger partial charge in [0.25, 0.3) is 0 Å². The average Bonchev–Trinajstić information content (AvgIpc) is 3.75. The van der Waals surface area contributed by atoms with Crippen molar-refractivity contribution in [1.82, 2.24) is 0 Å². The fourth-order valence-corrected chi connectivity index (χ4v) is 7.76. The number of hydrogen-bond acceptors (Lipinski definition) is 1. The Kier molecular flexibility index (Phi) is 6.41. The molecule has 1 aliphatic heterocycles. The first-order chi connectivity index (χ1) is 23.3. The van der Waals surface area contributed by atoms with E-state index in [4.69, 9.17) is 6.42 Å². The fraction of sp³-hybridized carbons (Fsp3) is 0.0435. The van der Waals surface area contributed by atoms with Crippen LogP contribution in [0, 0.1) is 12.3 Å². The number of anilines is 2. The van der Waals surface area contributed by atoms with E-state index in [0.717, 1.165) is 29.7 Å². The molecule has 0 fully saturated rings. The van der Waals surface area contributed by atoms with E-state index in [1.54, 1.807) is 0 Å². The Bertz CT molecular complexity index is 2400. The molecular formula is C46H31N. The van der Waals surface area contributed by atoms with E-state index in [0.29, 0.717) is 0 Å². The van der Waals surface area contributed by atoms with Gasteiger partial charge in [-0.1, -0.05) is 133 Å². The summed E-state index contributed by atoms with van der Waals surface area (Å²) >= 11 is 0. The van der Waals surface area contributed by atoms with Gasteiger partial charge in [-0.25, -0.2) is 0 Å². The molecule has 0 saturated heterocycles. The smallest absolute Gasteiger partial charge is 0.0494 e. The zero-order chi connectivity index (χ0) is 31.3. The summed E-state index contributed by atoms with van der Waals surface area (Å²) in [4.78, 5) is 2.40. The minimum atomic E-state index is 0.832. The summed E-state index contributed by atoms with van der Waals surface area (Å²) in [5.41, 5.74) is 14.3. The van der Waals surface area contributed by atoms with Gasteiger partial charge >= 0.3 is 0 Å². The molecular weight excluding hydrogens is 567 g/mol. The third-order valence-electron chi connectivity index (χ3n) is 9.75. The zero-order valence-electron chi connectivity index (χ0n) is 25.9. The molecule has 0 N–H and O–H groups in total. The normalized spacial score (nSPS) is 14.1. The number of rotatable bonds is 4. The summed E-state index contributed by atoms with van der Waals surface area (Å²) in [5.74, 6) is 3.19. The maximum absolute atomic E-state index is 6.48. The third-order valence-corrected chi connectivity index (χ3v) is 9.75. The Hall–Kier alpha value is -6.10. The highest BCUT2D eigenvalue weighted by Crippen LogP contribution is 2.48. The summed E-state index contributed by atoms with van der Waals surface area (Å²) in [6.45, 7) is 0. The fourth-order valence-electron chi connectivity index (χ4n) is 7.76. The van der Waals surface area contributed by atoms with Crippen molar-refractivity contribution in [3.05, 3.63) is 179 Å². The Morgan fingerprint density at radius 1 is 0.638 bits per heavy atom. The largest absolute Gasteiger partial charge is 0.314 e. The molecule has 7 aromatic rings. The number of allylic oxidation sites excluding steroid dienone is 2. The van der Waals surface area contributed by atoms with Crippen LogP contribution in [-0.2, 0) is 12.8 Å². The molecule has 0 saturated carbocycles. The van der Waals surface area contributed by atoms with Crippen LogP contribution in [0.4, 0.5) is 11.4 Å². The summed E-state index contributed by atoms with van der Waals surface area (Å²) in [7, 11) is 0. The molecule has 9 rings (SSSR count). The topological polar surface area (TPSA) is 3.24 Å². The first-order valence-electron chi connectivity index (χ1n) is 16.3. The molecule has 0 atom stereocenters. The van der Waals surface area contributed by atoms with Crippen molar-refractivity contribution in [3.63, 3.8) is 0 Å². The summed E-state index contributed by atoms with van der Waals surface area (Å²) in [6, 6.07) is 50.3. The van der Waals surface area contributed by atoms with Crippen LogP contribution in [0.1, 0.15) is 27.8 Å². The highest BCUT2D eigenvalue weighted by Gasteiger charge is 2.28. The van der Waals surface area contributed by atoms with Crippen molar-refractivity contribution in [1.29, 1.82) is 0 Å². The van der Waals surface area contributed by atoms with Gasteiger partial charge in [0, 0.05) is 34.6 Å². The first-order valence-corrected chi connectivity index (χ1v) is 16.3. The van der Waals surface area contributed by atoms with Gasteiger partial charge in [0.15, 0.2) is 0 Å². The maximum atomic E-state index is 6.48. The van der Waals surface area contributed by atoms with Gasteiger partial charge in [-0.15, -0.1) is 6.42 Å². The minimum Gasteiger partial charge on any atom is -0.314 e. The van der Waals surface area contributed by atoms with E-state index >= 15 is 0 Å². The number of para-hydroxylation sites is 2. The second-order valence-corrected chi connectivity index (χ2v) is 12.4. The van der Waals surface area contributed by atoms with E-state index in [1.807, 2.05) is 0 Å². The second-order valence-electron chi connectivity index (χ2n) is 12.4. The van der Waals surface area contributed by atoms with E-state index in [9.17, 15) is 0 Å². The van der Waals surface area contributed by atoms with Gasteiger partial charge in [0.2, 0.25) is 0 Å². The molecule has 1 aliphatic carbocycles. The molecule has 0 unspecified atom stereocenters. The van der Waals surface area contributed by atoms with Gasteiger partial charge in [0.05, 0.1) is 0 Å². The summed E-state index contributed by atoms with van der Waals surface area (Å²) < 4.78 is 0. The highest BCUT2D eigenvalue weighted by atomic mass is 15.2. The lowest BCUT2D eigenvalue weighted by molar-refractivity contribution is 1.16. The van der Waals surface area contributed by atoms with Crippen molar-refractivity contribution >= 4 is 45.1 Å². The van der Waals surface area contributed by atoms with E-state index in [-0.39, 0.29) is 0 Å². The molecule has 0 amide bonds. The van der Waals surface area contributed by atoms with E-state index in [1.165, 1.54) is 71.9 Å². The van der Waals surface area contributed by atoms with Gasteiger partial charge in [-0.05, 0) is 97.3 Å². The molecule has 1 heterocycles. The second kappa shape index (κ2) is 11.1. The molecule has 0 aromatic heterocycles. The average molecular weight is 598 g/mol. The lowest BCUT2D eigenvalue weighted by atomic mass is 9.82. The van der Waals surface area contributed by atoms with Crippen LogP contribution in [0.25, 0.3) is 56.0 Å². The molecule has 7 aromatic carbocycles. The van der Waals surface area contributed by atoms with Crippen molar-refractivity contribution in [2.75, 3.05) is 4.90 Å². The van der Waals surface area contributed by atoms with Crippen LogP contribution in [0.3, 0.4) is 0 Å². The SMILES string of the molecule is C#Cc1c(/C=C2\Cc3ccccc3N2c2ccccc2)c(-c2c3ccccc3c(-c3ccccc3)c3ccccc23)cc2c1CC=C2. The minimum absolute atomic E-state index is 0.832. The third kappa shape index (κ3) is 4.34. The summed E-state index contributed by atoms with van der Waals surface area (Å²) in [6.07, 6.45) is 15.0. The van der Waals surface area contributed by atoms with Crippen LogP contribution in [0.5, 0.6) is 0 Å². The molecule has 1 nitrogen and oxygen atoms in total. The molecule has 0 radical (unpaired) electrons. The molecule has 2 aliphatic rings. The van der Waals surface area contributed by atoms with Crippen LogP contribution in [0.2, 0.25) is 0 Å². The summed E-state index contributed by atoms with van der Waals surface area (Å²) in [5, 5.41) is 4.93. The lowest BCUT2D eigenvalue weighted by Crippen LogP contribution is -2.12. The molecule has 1 heteroatoms. The number of terminal acetylenes is 1.